The highest BCUT2D eigenvalue weighted by molar-refractivity contribution is 5.11. The topological polar surface area (TPSA) is 35.0 Å². The Balaban J connectivity index is 0.000000245. The van der Waals surface area contributed by atoms with E-state index < -0.39 is 0 Å². The van der Waals surface area contributed by atoms with Crippen LogP contribution in [0.4, 0.5) is 0 Å². The molecular formula is C6H11N. The van der Waals surface area contributed by atoms with Gasteiger partial charge in [-0.05, 0) is 24.7 Å². The highest BCUT2D eigenvalue weighted by Crippen LogP contribution is 2.46. The fourth-order valence-corrected chi connectivity index (χ4v) is 1.21. The summed E-state index contributed by atoms with van der Waals surface area (Å²) in [4.78, 5) is 0. The van der Waals surface area contributed by atoms with Gasteiger partial charge in [-0.1, -0.05) is 12.2 Å². The lowest BCUT2D eigenvalue weighted by Gasteiger charge is -1.72. The van der Waals surface area contributed by atoms with Crippen LogP contribution in [-0.4, -0.2) is 0 Å². The van der Waals surface area contributed by atoms with Gasteiger partial charge in [-0.15, -0.1) is 0 Å². The van der Waals surface area contributed by atoms with Gasteiger partial charge >= 0.3 is 0 Å². The minimum absolute atomic E-state index is 0. The smallest absolute Gasteiger partial charge is 0.0199 e. The maximum atomic E-state index is 2.35. The summed E-state index contributed by atoms with van der Waals surface area (Å²) in [6, 6.07) is 0. The highest BCUT2D eigenvalue weighted by Gasteiger charge is 2.36. The largest absolute Gasteiger partial charge is 0.344 e. The number of rotatable bonds is 0. The monoisotopic (exact) mass is 97.1 g/mol. The Labute approximate surface area is 44.0 Å². The molecule has 40 valence electrons. The Kier molecular flexibility index (Phi) is 0.927. The summed E-state index contributed by atoms with van der Waals surface area (Å²) in [5, 5.41) is 0. The van der Waals surface area contributed by atoms with Gasteiger partial charge in [-0.2, -0.15) is 0 Å². The Bertz CT molecular complexity index is 96.4. The summed E-state index contributed by atoms with van der Waals surface area (Å²) in [5.41, 5.74) is 0. The second-order valence-electron chi connectivity index (χ2n) is 2.32. The van der Waals surface area contributed by atoms with E-state index in [-0.39, 0.29) is 6.15 Å². The van der Waals surface area contributed by atoms with Crippen molar-refractivity contribution in [2.45, 2.75) is 12.8 Å². The predicted molar refractivity (Wildman–Crippen MR) is 30.4 cm³/mol. The second kappa shape index (κ2) is 1.34. The van der Waals surface area contributed by atoms with Crippen molar-refractivity contribution < 1.29 is 0 Å². The average Bonchev–Trinajstić information content (AvgIpc) is 2.17. The first-order valence-corrected chi connectivity index (χ1v) is 2.63. The molecule has 1 heteroatoms. The maximum Gasteiger partial charge on any atom is -0.0199 e. The van der Waals surface area contributed by atoms with Crippen molar-refractivity contribution in [3.05, 3.63) is 12.2 Å². The van der Waals surface area contributed by atoms with Crippen molar-refractivity contribution >= 4 is 0 Å². The molecule has 0 aromatic heterocycles. The molecule has 3 N–H and O–H groups in total. The fraction of sp³-hybridized carbons (Fsp3) is 0.667. The van der Waals surface area contributed by atoms with Crippen molar-refractivity contribution in [2.24, 2.45) is 11.8 Å². The SMILES string of the molecule is C1=CC2CC2C1.N. The van der Waals surface area contributed by atoms with E-state index in [4.69, 9.17) is 0 Å². The molecule has 0 saturated heterocycles. The predicted octanol–water partition coefficient (Wildman–Crippen LogP) is 1.74. The average molecular weight is 97.2 g/mol. The Morgan fingerprint density at radius 3 is 2.43 bits per heavy atom. The van der Waals surface area contributed by atoms with Gasteiger partial charge in [0.25, 0.3) is 0 Å². The van der Waals surface area contributed by atoms with Crippen molar-refractivity contribution in [2.75, 3.05) is 0 Å². The van der Waals surface area contributed by atoms with Crippen LogP contribution in [0.1, 0.15) is 12.8 Å². The third-order valence-electron chi connectivity index (χ3n) is 1.80. The molecule has 2 aliphatic carbocycles. The number of allylic oxidation sites excluding steroid dienone is 2. The van der Waals surface area contributed by atoms with E-state index >= 15 is 0 Å². The van der Waals surface area contributed by atoms with E-state index in [2.05, 4.69) is 12.2 Å². The standard InChI is InChI=1S/C6H8.H3N/c1-2-5-4-6(5)3-1;/h1-2,5-6H,3-4H2;1H3. The van der Waals surface area contributed by atoms with Crippen LogP contribution in [0.15, 0.2) is 12.2 Å². The number of hydrogen-bond acceptors (Lipinski definition) is 1. The van der Waals surface area contributed by atoms with Gasteiger partial charge < -0.3 is 6.15 Å². The summed E-state index contributed by atoms with van der Waals surface area (Å²) in [5.74, 6) is 2.13. The van der Waals surface area contributed by atoms with E-state index in [9.17, 15) is 0 Å². The van der Waals surface area contributed by atoms with Crippen molar-refractivity contribution in [1.82, 2.24) is 6.15 Å². The first-order valence-electron chi connectivity index (χ1n) is 2.63. The maximum absolute atomic E-state index is 2.35. The van der Waals surface area contributed by atoms with Gasteiger partial charge in [-0.3, -0.25) is 0 Å². The molecule has 2 atom stereocenters. The van der Waals surface area contributed by atoms with Gasteiger partial charge in [0.1, 0.15) is 0 Å². The summed E-state index contributed by atoms with van der Waals surface area (Å²) >= 11 is 0. The second-order valence-corrected chi connectivity index (χ2v) is 2.32. The zero-order valence-corrected chi connectivity index (χ0v) is 4.43. The normalized spacial score (nSPS) is 42.3. The Morgan fingerprint density at radius 2 is 2.29 bits per heavy atom. The molecule has 0 spiro atoms. The summed E-state index contributed by atoms with van der Waals surface area (Å²) in [6.45, 7) is 0. The van der Waals surface area contributed by atoms with Crippen LogP contribution in [-0.2, 0) is 0 Å². The zero-order chi connectivity index (χ0) is 3.98. The fourth-order valence-electron chi connectivity index (χ4n) is 1.21. The van der Waals surface area contributed by atoms with Gasteiger partial charge in [0.05, 0.1) is 0 Å². The highest BCUT2D eigenvalue weighted by atomic mass is 14.4. The van der Waals surface area contributed by atoms with E-state index in [1.807, 2.05) is 0 Å². The minimum Gasteiger partial charge on any atom is -0.344 e. The zero-order valence-electron chi connectivity index (χ0n) is 4.43. The molecule has 2 aliphatic rings. The molecule has 7 heavy (non-hydrogen) atoms. The van der Waals surface area contributed by atoms with Crippen LogP contribution in [0.25, 0.3) is 0 Å². The molecule has 0 aliphatic heterocycles. The molecule has 0 radical (unpaired) electrons. The summed E-state index contributed by atoms with van der Waals surface area (Å²) in [6.07, 6.45) is 7.53. The third-order valence-corrected chi connectivity index (χ3v) is 1.80. The van der Waals surface area contributed by atoms with Crippen molar-refractivity contribution in [1.29, 1.82) is 0 Å². The van der Waals surface area contributed by atoms with E-state index in [0.29, 0.717) is 0 Å². The van der Waals surface area contributed by atoms with E-state index in [1.54, 1.807) is 0 Å². The molecule has 1 saturated carbocycles. The molecule has 0 heterocycles. The van der Waals surface area contributed by atoms with Crippen molar-refractivity contribution in [3.63, 3.8) is 0 Å². The Morgan fingerprint density at radius 1 is 1.43 bits per heavy atom. The van der Waals surface area contributed by atoms with E-state index in [1.165, 1.54) is 12.8 Å². The van der Waals surface area contributed by atoms with Crippen molar-refractivity contribution in [3.8, 4) is 0 Å². The summed E-state index contributed by atoms with van der Waals surface area (Å²) < 4.78 is 0. The molecule has 0 aromatic carbocycles. The third kappa shape index (κ3) is 0.570. The lowest BCUT2D eigenvalue weighted by atomic mass is 10.3. The van der Waals surface area contributed by atoms with Crippen LogP contribution < -0.4 is 6.15 Å². The Hall–Kier alpha value is -0.300. The van der Waals surface area contributed by atoms with Gasteiger partial charge in [0.15, 0.2) is 0 Å². The molecule has 0 aromatic rings. The van der Waals surface area contributed by atoms with Gasteiger partial charge in [0, 0.05) is 0 Å². The quantitative estimate of drug-likeness (QED) is 0.459. The molecule has 2 rings (SSSR count). The van der Waals surface area contributed by atoms with Crippen LogP contribution in [0, 0.1) is 11.8 Å². The molecule has 1 fully saturated rings. The van der Waals surface area contributed by atoms with Crippen LogP contribution >= 0.6 is 0 Å². The lowest BCUT2D eigenvalue weighted by Crippen LogP contribution is -1.61. The minimum atomic E-state index is 0. The van der Waals surface area contributed by atoms with Crippen LogP contribution in [0.2, 0.25) is 0 Å². The molecule has 1 nitrogen and oxygen atoms in total. The molecular weight excluding hydrogens is 86.1 g/mol. The number of fused-ring (bicyclic) bond motifs is 1. The van der Waals surface area contributed by atoms with Crippen LogP contribution in [0.3, 0.4) is 0 Å². The molecule has 0 amide bonds. The lowest BCUT2D eigenvalue weighted by molar-refractivity contribution is 0.855. The molecule has 2 unspecified atom stereocenters. The van der Waals surface area contributed by atoms with Gasteiger partial charge in [0.2, 0.25) is 0 Å². The summed E-state index contributed by atoms with van der Waals surface area (Å²) in [7, 11) is 0. The first-order chi connectivity index (χ1) is 2.97. The molecule has 0 bridgehead atoms. The van der Waals surface area contributed by atoms with Gasteiger partial charge in [-0.25, -0.2) is 0 Å². The number of hydrogen-bond donors (Lipinski definition) is 1. The first kappa shape index (κ1) is 4.85. The van der Waals surface area contributed by atoms with Crippen LogP contribution in [0.5, 0.6) is 0 Å². The van der Waals surface area contributed by atoms with E-state index in [0.717, 1.165) is 11.8 Å².